The Morgan fingerprint density at radius 1 is 1.57 bits per heavy atom. The molecule has 0 saturated heterocycles. The molecular formula is C11H12BrNO. The van der Waals surface area contributed by atoms with Crippen LogP contribution in [0.1, 0.15) is 11.6 Å². The molecule has 74 valence electrons. The summed E-state index contributed by atoms with van der Waals surface area (Å²) in [6.45, 7) is 0. The first-order chi connectivity index (χ1) is 6.72. The lowest BCUT2D eigenvalue weighted by Crippen LogP contribution is -2.13. The van der Waals surface area contributed by atoms with Gasteiger partial charge in [0.15, 0.2) is 0 Å². The Labute approximate surface area is 92.8 Å². The van der Waals surface area contributed by atoms with Crippen molar-refractivity contribution in [2.75, 3.05) is 14.2 Å². The van der Waals surface area contributed by atoms with Gasteiger partial charge in [0.05, 0.1) is 17.6 Å². The molecule has 0 heterocycles. The average molecular weight is 254 g/mol. The Morgan fingerprint density at radius 2 is 2.29 bits per heavy atom. The predicted octanol–water partition coefficient (Wildman–Crippen LogP) is 2.35. The van der Waals surface area contributed by atoms with E-state index in [4.69, 9.17) is 11.2 Å². The van der Waals surface area contributed by atoms with Gasteiger partial charge in [0.1, 0.15) is 5.75 Å². The Bertz CT molecular complexity index is 357. The predicted molar refractivity (Wildman–Crippen MR) is 61.3 cm³/mol. The second-order valence-electron chi connectivity index (χ2n) is 2.78. The molecule has 0 spiro atoms. The quantitative estimate of drug-likeness (QED) is 0.836. The zero-order valence-corrected chi connectivity index (χ0v) is 9.76. The largest absolute Gasteiger partial charge is 0.496 e. The van der Waals surface area contributed by atoms with Crippen molar-refractivity contribution in [1.82, 2.24) is 5.32 Å². The molecule has 1 rings (SSSR count). The number of ether oxygens (including phenoxy) is 1. The first kappa shape index (κ1) is 11.1. The molecule has 0 fully saturated rings. The van der Waals surface area contributed by atoms with Crippen molar-refractivity contribution in [2.24, 2.45) is 0 Å². The number of hydrogen-bond donors (Lipinski definition) is 1. The van der Waals surface area contributed by atoms with Crippen molar-refractivity contribution < 1.29 is 4.74 Å². The summed E-state index contributed by atoms with van der Waals surface area (Å²) in [6, 6.07) is 5.74. The van der Waals surface area contributed by atoms with Crippen LogP contribution in [0.2, 0.25) is 0 Å². The summed E-state index contributed by atoms with van der Waals surface area (Å²) in [5.41, 5.74) is 1.04. The van der Waals surface area contributed by atoms with Crippen molar-refractivity contribution in [3.8, 4) is 18.1 Å². The van der Waals surface area contributed by atoms with E-state index in [-0.39, 0.29) is 6.04 Å². The Hall–Kier alpha value is -0.980. The van der Waals surface area contributed by atoms with Crippen molar-refractivity contribution in [3.63, 3.8) is 0 Å². The van der Waals surface area contributed by atoms with Crippen LogP contribution in [0.25, 0.3) is 0 Å². The molecule has 0 bridgehead atoms. The SMILES string of the molecule is C#CC(NC)c1ccc(OC)c(Br)c1. The first-order valence-electron chi connectivity index (χ1n) is 4.19. The van der Waals surface area contributed by atoms with E-state index in [1.54, 1.807) is 7.11 Å². The molecule has 0 saturated carbocycles. The standard InChI is InChI=1S/C11H12BrNO/c1-4-10(13-2)8-5-6-11(14-3)9(12)7-8/h1,5-7,10,13H,2-3H3. The minimum absolute atomic E-state index is 0.0581. The van der Waals surface area contributed by atoms with E-state index in [2.05, 4.69) is 27.2 Å². The maximum Gasteiger partial charge on any atom is 0.133 e. The maximum absolute atomic E-state index is 5.38. The fourth-order valence-electron chi connectivity index (χ4n) is 1.21. The second kappa shape index (κ2) is 5.04. The van der Waals surface area contributed by atoms with Crippen molar-refractivity contribution >= 4 is 15.9 Å². The highest BCUT2D eigenvalue weighted by atomic mass is 79.9. The molecule has 2 nitrogen and oxygen atoms in total. The van der Waals surface area contributed by atoms with Gasteiger partial charge in [-0.2, -0.15) is 0 Å². The summed E-state index contributed by atoms with van der Waals surface area (Å²) in [7, 11) is 3.47. The summed E-state index contributed by atoms with van der Waals surface area (Å²) >= 11 is 3.41. The lowest BCUT2D eigenvalue weighted by atomic mass is 10.1. The van der Waals surface area contributed by atoms with Gasteiger partial charge in [0.25, 0.3) is 0 Å². The van der Waals surface area contributed by atoms with Gasteiger partial charge in [0, 0.05) is 0 Å². The highest BCUT2D eigenvalue weighted by Gasteiger charge is 2.07. The van der Waals surface area contributed by atoms with Crippen LogP contribution >= 0.6 is 15.9 Å². The lowest BCUT2D eigenvalue weighted by Gasteiger charge is -2.11. The van der Waals surface area contributed by atoms with Gasteiger partial charge >= 0.3 is 0 Å². The average Bonchev–Trinajstić information content (AvgIpc) is 2.20. The lowest BCUT2D eigenvalue weighted by molar-refractivity contribution is 0.412. The minimum atomic E-state index is -0.0581. The van der Waals surface area contributed by atoms with Gasteiger partial charge in [0.2, 0.25) is 0 Å². The van der Waals surface area contributed by atoms with Gasteiger partial charge in [-0.3, -0.25) is 0 Å². The molecule has 1 aromatic carbocycles. The fourth-order valence-corrected chi connectivity index (χ4v) is 1.77. The number of terminal acetylenes is 1. The van der Waals surface area contributed by atoms with Crippen molar-refractivity contribution in [2.45, 2.75) is 6.04 Å². The Morgan fingerprint density at radius 3 is 2.71 bits per heavy atom. The molecule has 1 N–H and O–H groups in total. The van der Waals surface area contributed by atoms with Gasteiger partial charge in [-0.15, -0.1) is 6.42 Å². The molecule has 1 unspecified atom stereocenters. The minimum Gasteiger partial charge on any atom is -0.496 e. The molecule has 0 aromatic heterocycles. The number of rotatable bonds is 3. The topological polar surface area (TPSA) is 21.3 Å². The summed E-state index contributed by atoms with van der Waals surface area (Å²) in [6.07, 6.45) is 5.38. The molecule has 0 aliphatic rings. The summed E-state index contributed by atoms with van der Waals surface area (Å²) in [4.78, 5) is 0. The third-order valence-electron chi connectivity index (χ3n) is 1.96. The van der Waals surface area contributed by atoms with Crippen molar-refractivity contribution in [3.05, 3.63) is 28.2 Å². The molecule has 14 heavy (non-hydrogen) atoms. The van der Waals surface area contributed by atoms with Gasteiger partial charge < -0.3 is 10.1 Å². The molecule has 0 radical (unpaired) electrons. The van der Waals surface area contributed by atoms with E-state index < -0.39 is 0 Å². The van der Waals surface area contributed by atoms with E-state index in [1.165, 1.54) is 0 Å². The molecule has 1 aromatic rings. The van der Waals surface area contributed by atoms with Crippen LogP contribution in [0.4, 0.5) is 0 Å². The molecule has 0 amide bonds. The van der Waals surface area contributed by atoms with Crippen LogP contribution < -0.4 is 10.1 Å². The number of halogens is 1. The van der Waals surface area contributed by atoms with E-state index in [0.717, 1.165) is 15.8 Å². The Balaban J connectivity index is 3.03. The molecule has 0 aliphatic heterocycles. The monoisotopic (exact) mass is 253 g/mol. The molecule has 3 heteroatoms. The van der Waals surface area contributed by atoms with Gasteiger partial charge in [-0.1, -0.05) is 12.0 Å². The fraction of sp³-hybridized carbons (Fsp3) is 0.273. The summed E-state index contributed by atoms with van der Waals surface area (Å²) < 4.78 is 6.04. The zero-order valence-electron chi connectivity index (χ0n) is 8.17. The van der Waals surface area contributed by atoms with E-state index in [0.29, 0.717) is 0 Å². The van der Waals surface area contributed by atoms with Crippen LogP contribution in [0.3, 0.4) is 0 Å². The van der Waals surface area contributed by atoms with Crippen LogP contribution in [0, 0.1) is 12.3 Å². The number of benzene rings is 1. The second-order valence-corrected chi connectivity index (χ2v) is 3.64. The van der Waals surface area contributed by atoms with Crippen LogP contribution in [0.15, 0.2) is 22.7 Å². The molecule has 1 atom stereocenters. The highest BCUT2D eigenvalue weighted by Crippen LogP contribution is 2.27. The van der Waals surface area contributed by atoms with E-state index in [9.17, 15) is 0 Å². The molecular weight excluding hydrogens is 242 g/mol. The third-order valence-corrected chi connectivity index (χ3v) is 2.58. The first-order valence-corrected chi connectivity index (χ1v) is 4.99. The van der Waals surface area contributed by atoms with Gasteiger partial charge in [-0.25, -0.2) is 0 Å². The number of methoxy groups -OCH3 is 1. The maximum atomic E-state index is 5.38. The van der Waals surface area contributed by atoms with E-state index in [1.807, 2.05) is 25.2 Å². The normalized spacial score (nSPS) is 11.9. The molecule has 0 aliphatic carbocycles. The number of nitrogens with one attached hydrogen (secondary N) is 1. The third kappa shape index (κ3) is 2.28. The van der Waals surface area contributed by atoms with Crippen LogP contribution in [0.5, 0.6) is 5.75 Å². The van der Waals surface area contributed by atoms with Gasteiger partial charge in [-0.05, 0) is 40.7 Å². The number of hydrogen-bond acceptors (Lipinski definition) is 2. The summed E-state index contributed by atoms with van der Waals surface area (Å²) in [5, 5.41) is 3.03. The highest BCUT2D eigenvalue weighted by molar-refractivity contribution is 9.10. The van der Waals surface area contributed by atoms with Crippen LogP contribution in [-0.2, 0) is 0 Å². The van der Waals surface area contributed by atoms with Crippen LogP contribution in [-0.4, -0.2) is 14.2 Å². The smallest absolute Gasteiger partial charge is 0.133 e. The van der Waals surface area contributed by atoms with E-state index >= 15 is 0 Å². The summed E-state index contributed by atoms with van der Waals surface area (Å²) in [5.74, 6) is 3.47. The Kier molecular flexibility index (Phi) is 3.99. The zero-order chi connectivity index (χ0) is 10.6. The van der Waals surface area contributed by atoms with Crippen molar-refractivity contribution in [1.29, 1.82) is 0 Å².